The van der Waals surface area contributed by atoms with Gasteiger partial charge in [-0.3, -0.25) is 0 Å². The van der Waals surface area contributed by atoms with Crippen LogP contribution in [0.15, 0.2) is 23.1 Å². The normalized spacial score (nSPS) is 12.5. The van der Waals surface area contributed by atoms with Crippen LogP contribution in [0, 0.1) is 6.92 Å². The SMILES string of the molecule is Cc1cc(C(=O)O)cc(S(=O)(=O)C(F)(F)F)c1. The molecule has 0 fully saturated rings. The molecule has 0 bridgehead atoms. The molecule has 0 aliphatic carbocycles. The van der Waals surface area contributed by atoms with Crippen LogP contribution in [0.4, 0.5) is 13.2 Å². The number of hydrogen-bond donors (Lipinski definition) is 1. The van der Waals surface area contributed by atoms with Crippen LogP contribution in [-0.2, 0) is 9.84 Å². The fourth-order valence-corrected chi connectivity index (χ4v) is 2.05. The second kappa shape index (κ2) is 4.02. The van der Waals surface area contributed by atoms with E-state index in [2.05, 4.69) is 0 Å². The number of rotatable bonds is 2. The number of carboxylic acid groups (broad SMARTS) is 1. The van der Waals surface area contributed by atoms with E-state index in [4.69, 9.17) is 5.11 Å². The Morgan fingerprint density at radius 2 is 1.76 bits per heavy atom. The minimum Gasteiger partial charge on any atom is -0.478 e. The standard InChI is InChI=1S/C9H7F3O4S/c1-5-2-6(8(13)14)4-7(3-5)17(15,16)9(10,11)12/h2-4H,1H3,(H,13,14). The highest BCUT2D eigenvalue weighted by Crippen LogP contribution is 2.31. The molecule has 0 saturated carbocycles. The summed E-state index contributed by atoms with van der Waals surface area (Å²) in [6.07, 6.45) is 0. The number of carbonyl (C=O) groups is 1. The Morgan fingerprint density at radius 3 is 2.18 bits per heavy atom. The second-order valence-electron chi connectivity index (χ2n) is 3.29. The quantitative estimate of drug-likeness (QED) is 0.890. The number of carboxylic acids is 1. The number of benzene rings is 1. The number of hydrogen-bond acceptors (Lipinski definition) is 3. The van der Waals surface area contributed by atoms with Gasteiger partial charge in [-0.2, -0.15) is 13.2 Å². The zero-order chi connectivity index (χ0) is 13.4. The number of aryl methyl sites for hydroxylation is 1. The van der Waals surface area contributed by atoms with Crippen LogP contribution >= 0.6 is 0 Å². The van der Waals surface area contributed by atoms with E-state index in [1.165, 1.54) is 6.92 Å². The fourth-order valence-electron chi connectivity index (χ4n) is 1.16. The van der Waals surface area contributed by atoms with E-state index in [1.54, 1.807) is 0 Å². The first-order chi connectivity index (χ1) is 7.55. The maximum Gasteiger partial charge on any atom is 0.501 e. The van der Waals surface area contributed by atoms with Crippen LogP contribution < -0.4 is 0 Å². The summed E-state index contributed by atoms with van der Waals surface area (Å²) < 4.78 is 58.9. The number of halogens is 3. The van der Waals surface area contributed by atoms with Crippen LogP contribution in [-0.4, -0.2) is 25.0 Å². The lowest BCUT2D eigenvalue weighted by Gasteiger charge is -2.09. The van der Waals surface area contributed by atoms with Gasteiger partial charge in [0.1, 0.15) is 0 Å². The van der Waals surface area contributed by atoms with E-state index in [0.29, 0.717) is 6.07 Å². The maximum atomic E-state index is 12.2. The first-order valence-corrected chi connectivity index (χ1v) is 5.70. The summed E-state index contributed by atoms with van der Waals surface area (Å²) in [5.74, 6) is -1.49. The highest BCUT2D eigenvalue weighted by molar-refractivity contribution is 7.92. The third-order valence-corrected chi connectivity index (χ3v) is 3.38. The Kier molecular flexibility index (Phi) is 3.19. The summed E-state index contributed by atoms with van der Waals surface area (Å²) in [6, 6.07) is 2.34. The van der Waals surface area contributed by atoms with E-state index < -0.39 is 31.8 Å². The predicted octanol–water partition coefficient (Wildman–Crippen LogP) is 1.99. The molecular weight excluding hydrogens is 261 g/mol. The third-order valence-electron chi connectivity index (χ3n) is 1.91. The van der Waals surface area contributed by atoms with E-state index in [0.717, 1.165) is 12.1 Å². The molecule has 4 nitrogen and oxygen atoms in total. The van der Waals surface area contributed by atoms with Gasteiger partial charge < -0.3 is 5.11 Å². The lowest BCUT2D eigenvalue weighted by molar-refractivity contribution is -0.0436. The molecule has 0 spiro atoms. The van der Waals surface area contributed by atoms with Crippen molar-refractivity contribution in [2.24, 2.45) is 0 Å². The smallest absolute Gasteiger partial charge is 0.478 e. The van der Waals surface area contributed by atoms with Gasteiger partial charge in [-0.1, -0.05) is 0 Å². The third kappa shape index (κ3) is 2.57. The summed E-state index contributed by atoms with van der Waals surface area (Å²) in [6.45, 7) is 1.31. The molecular formula is C9H7F3O4S. The summed E-state index contributed by atoms with van der Waals surface area (Å²) in [4.78, 5) is 9.54. The summed E-state index contributed by atoms with van der Waals surface area (Å²) >= 11 is 0. The largest absolute Gasteiger partial charge is 0.501 e. The Morgan fingerprint density at radius 1 is 1.24 bits per heavy atom. The van der Waals surface area contributed by atoms with Crippen molar-refractivity contribution >= 4 is 15.8 Å². The van der Waals surface area contributed by atoms with Gasteiger partial charge in [0.05, 0.1) is 10.5 Å². The van der Waals surface area contributed by atoms with Gasteiger partial charge in [0, 0.05) is 0 Å². The average molecular weight is 268 g/mol. The lowest BCUT2D eigenvalue weighted by atomic mass is 10.1. The van der Waals surface area contributed by atoms with E-state index in [9.17, 15) is 26.4 Å². The number of aromatic carboxylic acids is 1. The molecule has 8 heteroatoms. The Labute approximate surface area is 94.6 Å². The summed E-state index contributed by atoms with van der Waals surface area (Å²) in [7, 11) is -5.52. The van der Waals surface area contributed by atoms with Crippen LogP contribution in [0.5, 0.6) is 0 Å². The molecule has 0 atom stereocenters. The molecule has 0 radical (unpaired) electrons. The van der Waals surface area contributed by atoms with Gasteiger partial charge in [-0.15, -0.1) is 0 Å². The van der Waals surface area contributed by atoms with Crippen molar-refractivity contribution in [2.45, 2.75) is 17.3 Å². The first kappa shape index (κ1) is 13.5. The van der Waals surface area contributed by atoms with Gasteiger partial charge >= 0.3 is 11.5 Å². The Balaban J connectivity index is 3.49. The van der Waals surface area contributed by atoms with Gasteiger partial charge in [0.2, 0.25) is 0 Å². The summed E-state index contributed by atoms with van der Waals surface area (Å²) in [5.41, 5.74) is -5.84. The highest BCUT2D eigenvalue weighted by Gasteiger charge is 2.47. The fraction of sp³-hybridized carbons (Fsp3) is 0.222. The van der Waals surface area contributed by atoms with Crippen molar-refractivity contribution in [2.75, 3.05) is 0 Å². The van der Waals surface area contributed by atoms with Gasteiger partial charge in [-0.25, -0.2) is 13.2 Å². The predicted molar refractivity (Wildman–Crippen MR) is 51.4 cm³/mol. The average Bonchev–Trinajstić information content (AvgIpc) is 2.14. The highest BCUT2D eigenvalue weighted by atomic mass is 32.2. The van der Waals surface area contributed by atoms with Gasteiger partial charge in [-0.05, 0) is 30.7 Å². The minimum atomic E-state index is -5.52. The molecule has 0 aliphatic heterocycles. The van der Waals surface area contributed by atoms with E-state index in [-0.39, 0.29) is 5.56 Å². The molecule has 0 aromatic heterocycles. The van der Waals surface area contributed by atoms with Crippen LogP contribution in [0.25, 0.3) is 0 Å². The van der Waals surface area contributed by atoms with Crippen molar-refractivity contribution in [1.29, 1.82) is 0 Å². The van der Waals surface area contributed by atoms with Crippen LogP contribution in [0.3, 0.4) is 0 Å². The van der Waals surface area contributed by atoms with Gasteiger partial charge in [0.15, 0.2) is 0 Å². The molecule has 0 amide bonds. The Bertz CT molecular complexity index is 560. The zero-order valence-electron chi connectivity index (χ0n) is 8.45. The monoisotopic (exact) mass is 268 g/mol. The molecule has 0 heterocycles. The lowest BCUT2D eigenvalue weighted by Crippen LogP contribution is -2.23. The first-order valence-electron chi connectivity index (χ1n) is 4.22. The minimum absolute atomic E-state index is 0.118. The molecule has 1 rings (SSSR count). The van der Waals surface area contributed by atoms with Crippen LogP contribution in [0.1, 0.15) is 15.9 Å². The van der Waals surface area contributed by atoms with Crippen molar-refractivity contribution < 1.29 is 31.5 Å². The molecule has 0 saturated heterocycles. The van der Waals surface area contributed by atoms with Gasteiger partial charge in [0.25, 0.3) is 9.84 Å². The second-order valence-corrected chi connectivity index (χ2v) is 5.23. The molecule has 94 valence electrons. The molecule has 17 heavy (non-hydrogen) atoms. The van der Waals surface area contributed by atoms with Crippen LogP contribution in [0.2, 0.25) is 0 Å². The van der Waals surface area contributed by atoms with Crippen molar-refractivity contribution in [3.8, 4) is 0 Å². The van der Waals surface area contributed by atoms with Crippen molar-refractivity contribution in [3.63, 3.8) is 0 Å². The number of alkyl halides is 3. The Hall–Kier alpha value is -1.57. The molecule has 1 aromatic rings. The van der Waals surface area contributed by atoms with Crippen molar-refractivity contribution in [3.05, 3.63) is 29.3 Å². The van der Waals surface area contributed by atoms with Crippen molar-refractivity contribution in [1.82, 2.24) is 0 Å². The molecule has 1 aromatic carbocycles. The molecule has 0 aliphatic rings. The molecule has 1 N–H and O–H groups in total. The topological polar surface area (TPSA) is 71.4 Å². The molecule has 0 unspecified atom stereocenters. The summed E-state index contributed by atoms with van der Waals surface area (Å²) in [5, 5.41) is 8.63. The zero-order valence-corrected chi connectivity index (χ0v) is 9.26. The maximum absolute atomic E-state index is 12.2. The van der Waals surface area contributed by atoms with E-state index in [1.807, 2.05) is 0 Å². The number of sulfone groups is 1. The van der Waals surface area contributed by atoms with E-state index >= 15 is 0 Å².